The van der Waals surface area contributed by atoms with Gasteiger partial charge in [0.05, 0.1) is 6.54 Å². The number of amides is 2. The smallest absolute Gasteiger partial charge is 0.254 e. The van der Waals surface area contributed by atoms with Crippen LogP contribution in [-0.4, -0.2) is 35.8 Å². The predicted molar refractivity (Wildman–Crippen MR) is 87.7 cm³/mol. The van der Waals surface area contributed by atoms with Crippen LogP contribution in [0.4, 0.5) is 5.69 Å². The number of hydrogen-bond donors (Lipinski definition) is 2. The number of hydrogen-bond acceptors (Lipinski definition) is 3. The molecule has 0 atom stereocenters. The zero-order valence-electron chi connectivity index (χ0n) is 13.2. The first kappa shape index (κ1) is 19.2. The van der Waals surface area contributed by atoms with Gasteiger partial charge in [0, 0.05) is 23.8 Å². The van der Waals surface area contributed by atoms with Gasteiger partial charge in [0.15, 0.2) is 0 Å². The van der Waals surface area contributed by atoms with E-state index in [1.807, 2.05) is 27.7 Å². The van der Waals surface area contributed by atoms with Crippen LogP contribution < -0.4 is 11.1 Å². The largest absolute Gasteiger partial charge is 0.399 e. The van der Waals surface area contributed by atoms with Gasteiger partial charge in [-0.15, -0.1) is 12.4 Å². The lowest BCUT2D eigenvalue weighted by atomic mass is 10.1. The Morgan fingerprint density at radius 3 is 2.38 bits per heavy atom. The minimum absolute atomic E-state index is 0. The van der Waals surface area contributed by atoms with E-state index >= 15 is 0 Å². The quantitative estimate of drug-likeness (QED) is 0.838. The molecule has 3 N–H and O–H groups in total. The Morgan fingerprint density at radius 1 is 1.29 bits per heavy atom. The van der Waals surface area contributed by atoms with Crippen molar-refractivity contribution in [2.24, 2.45) is 0 Å². The lowest BCUT2D eigenvalue weighted by Gasteiger charge is -2.23. The van der Waals surface area contributed by atoms with Gasteiger partial charge in [-0.2, -0.15) is 0 Å². The highest BCUT2D eigenvalue weighted by Gasteiger charge is 2.19. The molecule has 0 aromatic heterocycles. The third-order valence-electron chi connectivity index (χ3n) is 2.73. The van der Waals surface area contributed by atoms with Crippen molar-refractivity contribution in [3.63, 3.8) is 0 Å². The van der Waals surface area contributed by atoms with Gasteiger partial charge in [-0.05, 0) is 45.4 Å². The number of carbonyl (C=O) groups is 2. The molecule has 1 aromatic rings. The number of nitrogen functional groups attached to an aromatic ring is 1. The summed E-state index contributed by atoms with van der Waals surface area (Å²) in [6.07, 6.45) is 0. The molecule has 1 rings (SSSR count). The standard InChI is InChI=1S/C15H23N3O2.ClH/c1-10-6-7-11(16)8-12(10)14(20)18(5)9-13(19)17-15(2,3)4;/h6-8H,9,16H2,1-5H3,(H,17,19);1H. The number of nitrogens with one attached hydrogen (secondary N) is 1. The fourth-order valence-corrected chi connectivity index (χ4v) is 1.82. The molecule has 5 nitrogen and oxygen atoms in total. The molecule has 0 fully saturated rings. The third kappa shape index (κ3) is 6.04. The zero-order chi connectivity index (χ0) is 15.5. The molecule has 0 bridgehead atoms. The van der Waals surface area contributed by atoms with Gasteiger partial charge in [0.2, 0.25) is 5.91 Å². The van der Waals surface area contributed by atoms with Crippen LogP contribution >= 0.6 is 12.4 Å². The molecule has 0 radical (unpaired) electrons. The van der Waals surface area contributed by atoms with E-state index in [-0.39, 0.29) is 36.3 Å². The fourth-order valence-electron chi connectivity index (χ4n) is 1.82. The van der Waals surface area contributed by atoms with E-state index in [1.165, 1.54) is 4.90 Å². The topological polar surface area (TPSA) is 75.4 Å². The van der Waals surface area contributed by atoms with Gasteiger partial charge < -0.3 is 16.0 Å². The first-order valence-corrected chi connectivity index (χ1v) is 6.53. The number of nitrogens with zero attached hydrogens (tertiary/aromatic N) is 1. The molecular weight excluding hydrogens is 290 g/mol. The highest BCUT2D eigenvalue weighted by atomic mass is 35.5. The molecule has 0 saturated carbocycles. The van der Waals surface area contributed by atoms with Crippen molar-refractivity contribution < 1.29 is 9.59 Å². The molecule has 2 amide bonds. The van der Waals surface area contributed by atoms with E-state index in [9.17, 15) is 9.59 Å². The first-order valence-electron chi connectivity index (χ1n) is 6.53. The molecule has 0 aliphatic heterocycles. The van der Waals surface area contributed by atoms with Gasteiger partial charge in [-0.1, -0.05) is 6.07 Å². The summed E-state index contributed by atoms with van der Waals surface area (Å²) in [4.78, 5) is 25.5. The first-order chi connectivity index (χ1) is 9.10. The SMILES string of the molecule is Cc1ccc(N)cc1C(=O)N(C)CC(=O)NC(C)(C)C.Cl. The van der Waals surface area contributed by atoms with Gasteiger partial charge >= 0.3 is 0 Å². The molecule has 0 aliphatic carbocycles. The summed E-state index contributed by atoms with van der Waals surface area (Å²) in [5.74, 6) is -0.395. The summed E-state index contributed by atoms with van der Waals surface area (Å²) in [6.45, 7) is 7.55. The molecule has 1 aromatic carbocycles. The molecule has 0 saturated heterocycles. The van der Waals surface area contributed by atoms with Crippen LogP contribution in [0.2, 0.25) is 0 Å². The number of nitrogens with two attached hydrogens (primary N) is 1. The van der Waals surface area contributed by atoms with E-state index in [2.05, 4.69) is 5.32 Å². The lowest BCUT2D eigenvalue weighted by Crippen LogP contribution is -2.46. The highest BCUT2D eigenvalue weighted by molar-refractivity contribution is 5.98. The molecule has 118 valence electrons. The second kappa shape index (κ2) is 7.31. The lowest BCUT2D eigenvalue weighted by molar-refractivity contribution is -0.122. The normalized spacial score (nSPS) is 10.5. The number of benzene rings is 1. The summed E-state index contributed by atoms with van der Waals surface area (Å²) in [5, 5.41) is 2.82. The van der Waals surface area contributed by atoms with E-state index in [4.69, 9.17) is 5.73 Å². The van der Waals surface area contributed by atoms with E-state index in [0.29, 0.717) is 11.3 Å². The Hall–Kier alpha value is -1.75. The number of aryl methyl sites for hydroxylation is 1. The maximum Gasteiger partial charge on any atom is 0.254 e. The van der Waals surface area contributed by atoms with Crippen LogP contribution in [0, 0.1) is 6.92 Å². The molecule has 0 heterocycles. The van der Waals surface area contributed by atoms with Gasteiger partial charge in [0.25, 0.3) is 5.91 Å². The summed E-state index contributed by atoms with van der Waals surface area (Å²) in [5.41, 5.74) is 7.29. The third-order valence-corrected chi connectivity index (χ3v) is 2.73. The molecule has 0 unspecified atom stereocenters. The van der Waals surface area contributed by atoms with Crippen LogP contribution in [0.1, 0.15) is 36.7 Å². The van der Waals surface area contributed by atoms with Crippen LogP contribution in [0.15, 0.2) is 18.2 Å². The van der Waals surface area contributed by atoms with E-state index in [0.717, 1.165) is 5.56 Å². The minimum atomic E-state index is -0.311. The van der Waals surface area contributed by atoms with E-state index < -0.39 is 0 Å². The second-order valence-corrected chi connectivity index (χ2v) is 6.03. The Bertz CT molecular complexity index is 524. The number of rotatable bonds is 3. The fraction of sp³-hybridized carbons (Fsp3) is 0.467. The molecule has 0 aliphatic rings. The molecule has 0 spiro atoms. The van der Waals surface area contributed by atoms with Crippen molar-refractivity contribution in [2.45, 2.75) is 33.2 Å². The van der Waals surface area contributed by atoms with Crippen molar-refractivity contribution in [1.29, 1.82) is 0 Å². The van der Waals surface area contributed by atoms with Crippen molar-refractivity contribution in [3.8, 4) is 0 Å². The van der Waals surface area contributed by atoms with Crippen LogP contribution in [0.3, 0.4) is 0 Å². The predicted octanol–water partition coefficient (Wildman–Crippen LogP) is 1.99. The summed E-state index contributed by atoms with van der Waals surface area (Å²) in [6, 6.07) is 5.18. The average Bonchev–Trinajstić information content (AvgIpc) is 2.28. The summed E-state index contributed by atoms with van der Waals surface area (Å²) < 4.78 is 0. The minimum Gasteiger partial charge on any atom is -0.399 e. The van der Waals surface area contributed by atoms with Crippen LogP contribution in [-0.2, 0) is 4.79 Å². The maximum atomic E-state index is 12.3. The van der Waals surface area contributed by atoms with Crippen LogP contribution in [0.25, 0.3) is 0 Å². The van der Waals surface area contributed by atoms with Crippen molar-refractivity contribution in [2.75, 3.05) is 19.3 Å². The maximum absolute atomic E-state index is 12.3. The van der Waals surface area contributed by atoms with Crippen molar-refractivity contribution in [1.82, 2.24) is 10.2 Å². The summed E-state index contributed by atoms with van der Waals surface area (Å²) in [7, 11) is 1.60. The number of likely N-dealkylation sites (N-methyl/N-ethyl adjacent to an activating group) is 1. The van der Waals surface area contributed by atoms with Gasteiger partial charge in [0.1, 0.15) is 0 Å². The Kier molecular flexibility index (Phi) is 6.70. The van der Waals surface area contributed by atoms with Crippen molar-refractivity contribution >= 4 is 29.9 Å². The van der Waals surface area contributed by atoms with Gasteiger partial charge in [-0.25, -0.2) is 0 Å². The Labute approximate surface area is 132 Å². The Balaban J connectivity index is 0.00000400. The Morgan fingerprint density at radius 2 is 1.86 bits per heavy atom. The molecular formula is C15H24ClN3O2. The van der Waals surface area contributed by atoms with Crippen molar-refractivity contribution in [3.05, 3.63) is 29.3 Å². The number of halogens is 1. The monoisotopic (exact) mass is 313 g/mol. The zero-order valence-corrected chi connectivity index (χ0v) is 14.0. The molecule has 6 heteroatoms. The molecule has 21 heavy (non-hydrogen) atoms. The summed E-state index contributed by atoms with van der Waals surface area (Å²) >= 11 is 0. The van der Waals surface area contributed by atoms with Crippen LogP contribution in [0.5, 0.6) is 0 Å². The average molecular weight is 314 g/mol. The number of anilines is 1. The number of carbonyl (C=O) groups excluding carboxylic acids is 2. The second-order valence-electron chi connectivity index (χ2n) is 6.03. The van der Waals surface area contributed by atoms with Gasteiger partial charge in [-0.3, -0.25) is 9.59 Å². The van der Waals surface area contributed by atoms with E-state index in [1.54, 1.807) is 25.2 Å². The highest BCUT2D eigenvalue weighted by Crippen LogP contribution is 2.14.